The van der Waals surface area contributed by atoms with Crippen molar-refractivity contribution < 1.29 is 4.39 Å². The maximum Gasteiger partial charge on any atom is 0.129 e. The Morgan fingerprint density at radius 1 is 1.50 bits per heavy atom. The summed E-state index contributed by atoms with van der Waals surface area (Å²) in [5.41, 5.74) is 0.728. The number of nitrogens with zero attached hydrogens (tertiary/aromatic N) is 1. The zero-order chi connectivity index (χ0) is 14.7. The van der Waals surface area contributed by atoms with E-state index in [4.69, 9.17) is 11.6 Å². The molecule has 0 amide bonds. The van der Waals surface area contributed by atoms with E-state index in [1.165, 1.54) is 6.07 Å². The predicted octanol–water partition coefficient (Wildman–Crippen LogP) is 3.69. The molecule has 1 N–H and O–H groups in total. The monoisotopic (exact) mass is 298 g/mol. The van der Waals surface area contributed by atoms with Crippen molar-refractivity contribution in [1.82, 2.24) is 10.2 Å². The van der Waals surface area contributed by atoms with Crippen LogP contribution in [0.5, 0.6) is 0 Å². The Morgan fingerprint density at radius 2 is 2.25 bits per heavy atom. The average Bonchev–Trinajstić information content (AvgIpc) is 2.43. The minimum absolute atomic E-state index is 0.205. The van der Waals surface area contributed by atoms with E-state index in [0.29, 0.717) is 29.6 Å². The number of halogens is 2. The summed E-state index contributed by atoms with van der Waals surface area (Å²) in [4.78, 5) is 2.36. The van der Waals surface area contributed by atoms with Gasteiger partial charge in [0.25, 0.3) is 0 Å². The molecule has 0 spiro atoms. The highest BCUT2D eigenvalue weighted by Crippen LogP contribution is 2.20. The van der Waals surface area contributed by atoms with Crippen molar-refractivity contribution >= 4 is 11.6 Å². The van der Waals surface area contributed by atoms with Gasteiger partial charge in [-0.25, -0.2) is 4.39 Å². The normalized spacial score (nSPS) is 25.6. The minimum atomic E-state index is -0.205. The van der Waals surface area contributed by atoms with E-state index in [0.717, 1.165) is 25.1 Å². The first-order valence-electron chi connectivity index (χ1n) is 7.42. The molecule has 1 aromatic carbocycles. The van der Waals surface area contributed by atoms with E-state index >= 15 is 0 Å². The second kappa shape index (κ2) is 6.88. The van der Waals surface area contributed by atoms with Gasteiger partial charge in [-0.1, -0.05) is 37.9 Å². The molecule has 1 saturated heterocycles. The standard InChI is InChI=1S/C16H24ClFN2/c1-4-11(2)16-10-20(12(3)8-19-16)9-13-5-6-14(17)7-15(13)18/h5-7,11-12,16,19H,4,8-10H2,1-3H3. The van der Waals surface area contributed by atoms with Crippen molar-refractivity contribution in [2.24, 2.45) is 5.92 Å². The highest BCUT2D eigenvalue weighted by atomic mass is 35.5. The molecule has 0 aliphatic carbocycles. The fourth-order valence-corrected chi connectivity index (χ4v) is 2.86. The van der Waals surface area contributed by atoms with Crippen molar-refractivity contribution in [2.45, 2.75) is 45.8 Å². The molecular weight excluding hydrogens is 275 g/mol. The highest BCUT2D eigenvalue weighted by molar-refractivity contribution is 6.30. The van der Waals surface area contributed by atoms with Gasteiger partial charge in [0.1, 0.15) is 5.82 Å². The van der Waals surface area contributed by atoms with Gasteiger partial charge in [-0.2, -0.15) is 0 Å². The van der Waals surface area contributed by atoms with E-state index in [9.17, 15) is 4.39 Å². The Hall–Kier alpha value is -0.640. The van der Waals surface area contributed by atoms with Gasteiger partial charge in [-0.3, -0.25) is 4.90 Å². The van der Waals surface area contributed by atoms with Gasteiger partial charge in [0.2, 0.25) is 0 Å². The largest absolute Gasteiger partial charge is 0.311 e. The molecule has 3 unspecified atom stereocenters. The maximum absolute atomic E-state index is 13.9. The molecule has 112 valence electrons. The Labute approximate surface area is 126 Å². The molecule has 20 heavy (non-hydrogen) atoms. The van der Waals surface area contributed by atoms with Gasteiger partial charge in [-0.05, 0) is 25.0 Å². The third-order valence-electron chi connectivity index (χ3n) is 4.45. The van der Waals surface area contributed by atoms with Crippen LogP contribution in [0, 0.1) is 11.7 Å². The van der Waals surface area contributed by atoms with Crippen molar-refractivity contribution in [2.75, 3.05) is 13.1 Å². The first-order valence-corrected chi connectivity index (χ1v) is 7.80. The summed E-state index contributed by atoms with van der Waals surface area (Å²) < 4.78 is 13.9. The summed E-state index contributed by atoms with van der Waals surface area (Å²) in [5, 5.41) is 4.06. The van der Waals surface area contributed by atoms with Crippen LogP contribution < -0.4 is 5.32 Å². The van der Waals surface area contributed by atoms with Gasteiger partial charge in [-0.15, -0.1) is 0 Å². The molecule has 0 radical (unpaired) electrons. The summed E-state index contributed by atoms with van der Waals surface area (Å²) in [6.45, 7) is 9.26. The highest BCUT2D eigenvalue weighted by Gasteiger charge is 2.28. The van der Waals surface area contributed by atoms with Crippen molar-refractivity contribution in [3.8, 4) is 0 Å². The number of benzene rings is 1. The van der Waals surface area contributed by atoms with E-state index in [1.54, 1.807) is 12.1 Å². The lowest BCUT2D eigenvalue weighted by Crippen LogP contribution is -2.57. The van der Waals surface area contributed by atoms with Crippen molar-refractivity contribution in [3.63, 3.8) is 0 Å². The molecule has 3 atom stereocenters. The van der Waals surface area contributed by atoms with E-state index in [-0.39, 0.29) is 5.82 Å². The average molecular weight is 299 g/mol. The van der Waals surface area contributed by atoms with Crippen LogP contribution in [0.1, 0.15) is 32.8 Å². The van der Waals surface area contributed by atoms with Crippen molar-refractivity contribution in [3.05, 3.63) is 34.6 Å². The molecule has 2 nitrogen and oxygen atoms in total. The Morgan fingerprint density at radius 3 is 2.90 bits per heavy atom. The molecular formula is C16H24ClFN2. The lowest BCUT2D eigenvalue weighted by molar-refractivity contribution is 0.110. The Balaban J connectivity index is 2.06. The second-order valence-corrected chi connectivity index (χ2v) is 6.35. The number of piperazine rings is 1. The van der Waals surface area contributed by atoms with Crippen LogP contribution in [0.25, 0.3) is 0 Å². The molecule has 1 aromatic rings. The fourth-order valence-electron chi connectivity index (χ4n) is 2.70. The summed E-state index contributed by atoms with van der Waals surface area (Å²) in [7, 11) is 0. The number of hydrogen-bond donors (Lipinski definition) is 1. The summed E-state index contributed by atoms with van der Waals surface area (Å²) in [6, 6.07) is 5.87. The molecule has 4 heteroatoms. The summed E-state index contributed by atoms with van der Waals surface area (Å²) in [6.07, 6.45) is 1.16. The molecule has 1 fully saturated rings. The van der Waals surface area contributed by atoms with Gasteiger partial charge in [0, 0.05) is 42.3 Å². The van der Waals surface area contributed by atoms with Crippen LogP contribution in [-0.2, 0) is 6.54 Å². The lowest BCUT2D eigenvalue weighted by Gasteiger charge is -2.41. The Kier molecular flexibility index (Phi) is 5.42. The first kappa shape index (κ1) is 15.7. The van der Waals surface area contributed by atoms with Crippen molar-refractivity contribution in [1.29, 1.82) is 0 Å². The molecule has 2 rings (SSSR count). The van der Waals surface area contributed by atoms with Crippen LogP contribution >= 0.6 is 11.6 Å². The van der Waals surface area contributed by atoms with Crippen LogP contribution in [0.3, 0.4) is 0 Å². The van der Waals surface area contributed by atoms with Gasteiger partial charge in [0.05, 0.1) is 0 Å². The summed E-state index contributed by atoms with van der Waals surface area (Å²) in [5.74, 6) is 0.434. The van der Waals surface area contributed by atoms with Crippen LogP contribution in [0.2, 0.25) is 5.02 Å². The van der Waals surface area contributed by atoms with E-state index < -0.39 is 0 Å². The smallest absolute Gasteiger partial charge is 0.129 e. The summed E-state index contributed by atoms with van der Waals surface area (Å²) >= 11 is 5.81. The molecule has 1 heterocycles. The van der Waals surface area contributed by atoms with E-state index in [2.05, 4.69) is 31.0 Å². The van der Waals surface area contributed by atoms with E-state index in [1.807, 2.05) is 0 Å². The lowest BCUT2D eigenvalue weighted by atomic mass is 9.95. The topological polar surface area (TPSA) is 15.3 Å². The minimum Gasteiger partial charge on any atom is -0.311 e. The van der Waals surface area contributed by atoms with Crippen LogP contribution in [0.4, 0.5) is 4.39 Å². The molecule has 1 aliphatic rings. The zero-order valence-electron chi connectivity index (χ0n) is 12.5. The second-order valence-electron chi connectivity index (χ2n) is 5.91. The zero-order valence-corrected chi connectivity index (χ0v) is 13.3. The third-order valence-corrected chi connectivity index (χ3v) is 4.68. The van der Waals surface area contributed by atoms with Crippen LogP contribution in [0.15, 0.2) is 18.2 Å². The third kappa shape index (κ3) is 3.72. The number of nitrogens with one attached hydrogen (secondary N) is 1. The fraction of sp³-hybridized carbons (Fsp3) is 0.625. The quantitative estimate of drug-likeness (QED) is 0.912. The molecule has 0 aromatic heterocycles. The van der Waals surface area contributed by atoms with Gasteiger partial charge in [0.15, 0.2) is 0 Å². The first-order chi connectivity index (χ1) is 9.51. The number of rotatable bonds is 4. The maximum atomic E-state index is 13.9. The Bertz CT molecular complexity index is 452. The number of hydrogen-bond acceptors (Lipinski definition) is 2. The van der Waals surface area contributed by atoms with Gasteiger partial charge >= 0.3 is 0 Å². The van der Waals surface area contributed by atoms with Gasteiger partial charge < -0.3 is 5.32 Å². The molecule has 0 bridgehead atoms. The molecule has 0 saturated carbocycles. The SMILES string of the molecule is CCC(C)C1CN(Cc2ccc(Cl)cc2F)C(C)CN1. The van der Waals surface area contributed by atoms with Crippen LogP contribution in [-0.4, -0.2) is 30.1 Å². The predicted molar refractivity (Wildman–Crippen MR) is 82.5 cm³/mol. The molecule has 1 aliphatic heterocycles.